The Morgan fingerprint density at radius 3 is 2.89 bits per heavy atom. The molecule has 0 fully saturated rings. The van der Waals surface area contributed by atoms with E-state index in [9.17, 15) is 4.79 Å². The molecule has 0 unspecified atom stereocenters. The van der Waals surface area contributed by atoms with Gasteiger partial charge in [-0.05, 0) is 13.0 Å². The van der Waals surface area contributed by atoms with E-state index >= 15 is 0 Å². The molecule has 1 aromatic carbocycles. The van der Waals surface area contributed by atoms with Crippen molar-refractivity contribution in [3.63, 3.8) is 0 Å². The summed E-state index contributed by atoms with van der Waals surface area (Å²) >= 11 is 5.91. The third-order valence-corrected chi connectivity index (χ3v) is 2.71. The number of nitriles is 1. The number of benzene rings is 1. The van der Waals surface area contributed by atoms with Crippen molar-refractivity contribution in [2.45, 2.75) is 6.92 Å². The molecule has 0 aliphatic heterocycles. The predicted octanol–water partition coefficient (Wildman–Crippen LogP) is 2.94. The molecule has 0 saturated carbocycles. The van der Waals surface area contributed by atoms with E-state index in [0.717, 1.165) is 0 Å². The number of esters is 1. The van der Waals surface area contributed by atoms with Crippen LogP contribution < -0.4 is 0 Å². The normalized spacial score (nSPS) is 10.1. The molecule has 0 N–H and O–H groups in total. The van der Waals surface area contributed by atoms with Gasteiger partial charge in [-0.1, -0.05) is 29.8 Å². The SMILES string of the molecule is CCOC(=O)c1c(C#N)c(Cl)nc2ccccc12. The van der Waals surface area contributed by atoms with E-state index in [1.54, 1.807) is 31.2 Å². The molecule has 1 aromatic heterocycles. The molecule has 0 atom stereocenters. The number of fused-ring (bicyclic) bond motifs is 1. The van der Waals surface area contributed by atoms with Gasteiger partial charge in [0.05, 0.1) is 17.7 Å². The van der Waals surface area contributed by atoms with Crippen LogP contribution in [0.3, 0.4) is 0 Å². The van der Waals surface area contributed by atoms with Crippen LogP contribution in [0.4, 0.5) is 0 Å². The summed E-state index contributed by atoms with van der Waals surface area (Å²) in [5.41, 5.74) is 0.785. The highest BCUT2D eigenvalue weighted by Crippen LogP contribution is 2.26. The number of halogens is 1. The van der Waals surface area contributed by atoms with Gasteiger partial charge in [0, 0.05) is 5.39 Å². The first kappa shape index (κ1) is 12.3. The first-order chi connectivity index (χ1) is 8.69. The number of pyridine rings is 1. The summed E-state index contributed by atoms with van der Waals surface area (Å²) in [6.07, 6.45) is 0. The van der Waals surface area contributed by atoms with E-state index < -0.39 is 5.97 Å². The molecular weight excluding hydrogens is 252 g/mol. The van der Waals surface area contributed by atoms with E-state index in [-0.39, 0.29) is 22.9 Å². The number of carbonyl (C=O) groups is 1. The molecule has 90 valence electrons. The summed E-state index contributed by atoms with van der Waals surface area (Å²) in [6.45, 7) is 1.94. The number of para-hydroxylation sites is 1. The van der Waals surface area contributed by atoms with E-state index in [1.165, 1.54) is 0 Å². The molecule has 4 nitrogen and oxygen atoms in total. The average molecular weight is 261 g/mol. The van der Waals surface area contributed by atoms with E-state index in [4.69, 9.17) is 21.6 Å². The van der Waals surface area contributed by atoms with Crippen LogP contribution in [0.2, 0.25) is 5.15 Å². The van der Waals surface area contributed by atoms with Gasteiger partial charge in [-0.25, -0.2) is 9.78 Å². The Labute approximate surface area is 109 Å². The maximum absolute atomic E-state index is 11.9. The monoisotopic (exact) mass is 260 g/mol. The standard InChI is InChI=1S/C13H9ClN2O2/c1-2-18-13(17)11-8-5-3-4-6-10(8)16-12(14)9(11)7-15/h3-6H,2H2,1H3. The van der Waals surface area contributed by atoms with Crippen molar-refractivity contribution in [2.24, 2.45) is 0 Å². The highest BCUT2D eigenvalue weighted by molar-refractivity contribution is 6.32. The van der Waals surface area contributed by atoms with E-state index in [1.807, 2.05) is 6.07 Å². The topological polar surface area (TPSA) is 63.0 Å². The van der Waals surface area contributed by atoms with E-state index in [2.05, 4.69) is 4.98 Å². The van der Waals surface area contributed by atoms with Crippen LogP contribution in [0.5, 0.6) is 0 Å². The van der Waals surface area contributed by atoms with Crippen LogP contribution in [0.1, 0.15) is 22.8 Å². The van der Waals surface area contributed by atoms with Gasteiger partial charge in [0.1, 0.15) is 16.8 Å². The average Bonchev–Trinajstić information content (AvgIpc) is 2.37. The molecule has 0 aliphatic carbocycles. The smallest absolute Gasteiger partial charge is 0.340 e. The molecule has 2 rings (SSSR count). The van der Waals surface area contributed by atoms with E-state index in [0.29, 0.717) is 10.9 Å². The second kappa shape index (κ2) is 5.03. The molecule has 0 amide bonds. The summed E-state index contributed by atoms with van der Waals surface area (Å²) in [4.78, 5) is 16.0. The molecule has 0 saturated heterocycles. The van der Waals surface area contributed by atoms with Crippen molar-refractivity contribution in [1.82, 2.24) is 4.98 Å². The minimum Gasteiger partial charge on any atom is -0.462 e. The number of nitrogens with zero attached hydrogens (tertiary/aromatic N) is 2. The van der Waals surface area contributed by atoms with Crippen molar-refractivity contribution < 1.29 is 9.53 Å². The lowest BCUT2D eigenvalue weighted by atomic mass is 10.0. The van der Waals surface area contributed by atoms with Crippen LogP contribution in [-0.2, 0) is 4.74 Å². The number of ether oxygens (including phenoxy) is 1. The van der Waals surface area contributed by atoms with Gasteiger partial charge in [-0.15, -0.1) is 0 Å². The summed E-state index contributed by atoms with van der Waals surface area (Å²) in [5, 5.41) is 9.67. The van der Waals surface area contributed by atoms with Crippen molar-refractivity contribution >= 4 is 28.5 Å². The third-order valence-electron chi connectivity index (χ3n) is 2.44. The van der Waals surface area contributed by atoms with Crippen molar-refractivity contribution in [2.75, 3.05) is 6.61 Å². The van der Waals surface area contributed by atoms with Crippen LogP contribution in [0.25, 0.3) is 10.9 Å². The van der Waals surface area contributed by atoms with Crippen LogP contribution in [0.15, 0.2) is 24.3 Å². The lowest BCUT2D eigenvalue weighted by Crippen LogP contribution is -2.09. The number of carbonyl (C=O) groups excluding carboxylic acids is 1. The Bertz CT molecular complexity index is 662. The minimum absolute atomic E-state index is 0.0132. The van der Waals surface area contributed by atoms with Crippen LogP contribution in [0, 0.1) is 11.3 Å². The molecule has 0 radical (unpaired) electrons. The van der Waals surface area contributed by atoms with Gasteiger partial charge < -0.3 is 4.74 Å². The fourth-order valence-electron chi connectivity index (χ4n) is 1.70. The van der Waals surface area contributed by atoms with Crippen LogP contribution in [-0.4, -0.2) is 17.6 Å². The van der Waals surface area contributed by atoms with Gasteiger partial charge in [0.15, 0.2) is 0 Å². The maximum atomic E-state index is 11.9. The number of hydrogen-bond acceptors (Lipinski definition) is 4. The molecule has 2 aromatic rings. The summed E-state index contributed by atoms with van der Waals surface area (Å²) in [6, 6.07) is 8.89. The lowest BCUT2D eigenvalue weighted by molar-refractivity contribution is 0.0528. The second-order valence-electron chi connectivity index (χ2n) is 3.50. The molecular formula is C13H9ClN2O2. The fourth-order valence-corrected chi connectivity index (χ4v) is 1.93. The number of rotatable bonds is 2. The Morgan fingerprint density at radius 2 is 2.22 bits per heavy atom. The summed E-state index contributed by atoms with van der Waals surface area (Å²) in [7, 11) is 0. The zero-order chi connectivity index (χ0) is 13.1. The predicted molar refractivity (Wildman–Crippen MR) is 67.4 cm³/mol. The van der Waals surface area contributed by atoms with Crippen molar-refractivity contribution in [3.8, 4) is 6.07 Å². The lowest BCUT2D eigenvalue weighted by Gasteiger charge is -2.08. The quantitative estimate of drug-likeness (QED) is 0.615. The molecule has 5 heteroatoms. The number of hydrogen-bond donors (Lipinski definition) is 0. The van der Waals surface area contributed by atoms with Gasteiger partial charge in [-0.3, -0.25) is 0 Å². The molecule has 18 heavy (non-hydrogen) atoms. The number of aromatic nitrogens is 1. The Morgan fingerprint density at radius 1 is 1.50 bits per heavy atom. The van der Waals surface area contributed by atoms with Gasteiger partial charge in [0.25, 0.3) is 0 Å². The van der Waals surface area contributed by atoms with Gasteiger partial charge >= 0.3 is 5.97 Å². The molecule has 0 aliphatic rings. The van der Waals surface area contributed by atoms with Crippen molar-refractivity contribution in [3.05, 3.63) is 40.5 Å². The van der Waals surface area contributed by atoms with Crippen LogP contribution >= 0.6 is 11.6 Å². The zero-order valence-electron chi connectivity index (χ0n) is 9.61. The third kappa shape index (κ3) is 2.01. The largest absolute Gasteiger partial charge is 0.462 e. The first-order valence-corrected chi connectivity index (χ1v) is 5.72. The maximum Gasteiger partial charge on any atom is 0.340 e. The van der Waals surface area contributed by atoms with Crippen molar-refractivity contribution in [1.29, 1.82) is 5.26 Å². The van der Waals surface area contributed by atoms with Gasteiger partial charge in [-0.2, -0.15) is 5.26 Å². The fraction of sp³-hybridized carbons (Fsp3) is 0.154. The van der Waals surface area contributed by atoms with Gasteiger partial charge in [0.2, 0.25) is 0 Å². The molecule has 0 spiro atoms. The highest BCUT2D eigenvalue weighted by atomic mass is 35.5. The summed E-state index contributed by atoms with van der Waals surface area (Å²) < 4.78 is 4.96. The molecule has 0 bridgehead atoms. The first-order valence-electron chi connectivity index (χ1n) is 5.34. The zero-order valence-corrected chi connectivity index (χ0v) is 10.4. The Balaban J connectivity index is 2.81. The molecule has 1 heterocycles. The highest BCUT2D eigenvalue weighted by Gasteiger charge is 2.20. The Kier molecular flexibility index (Phi) is 3.45. The minimum atomic E-state index is -0.561. The summed E-state index contributed by atoms with van der Waals surface area (Å²) in [5.74, 6) is -0.561. The Hall–Kier alpha value is -2.12. The second-order valence-corrected chi connectivity index (χ2v) is 3.86.